The summed E-state index contributed by atoms with van der Waals surface area (Å²) in [4.78, 5) is 18.2. The molecular formula is C22H29IN4O. The zero-order valence-electron chi connectivity index (χ0n) is 16.5. The number of hydrogen-bond donors (Lipinski definition) is 2. The van der Waals surface area contributed by atoms with E-state index in [9.17, 15) is 4.79 Å². The molecule has 1 aliphatic rings. The van der Waals surface area contributed by atoms with Gasteiger partial charge in [-0.15, -0.1) is 24.0 Å². The number of likely N-dealkylation sites (N-methyl/N-ethyl adjacent to an activating group) is 1. The Morgan fingerprint density at radius 2 is 1.75 bits per heavy atom. The monoisotopic (exact) mass is 492 g/mol. The van der Waals surface area contributed by atoms with Crippen LogP contribution in [0.15, 0.2) is 59.6 Å². The molecule has 0 saturated heterocycles. The Hall–Kier alpha value is -2.09. The summed E-state index contributed by atoms with van der Waals surface area (Å²) >= 11 is 0. The third kappa shape index (κ3) is 6.51. The maximum Gasteiger partial charge on any atom is 0.241 e. The normalized spacial score (nSPS) is 15.8. The van der Waals surface area contributed by atoms with Gasteiger partial charge in [-0.2, -0.15) is 0 Å². The second-order valence-electron chi connectivity index (χ2n) is 7.14. The van der Waals surface area contributed by atoms with E-state index in [0.29, 0.717) is 18.5 Å². The lowest BCUT2D eigenvalue weighted by molar-refractivity contribution is -0.127. The topological polar surface area (TPSA) is 56.7 Å². The fourth-order valence-corrected chi connectivity index (χ4v) is 3.24. The van der Waals surface area contributed by atoms with Crippen LogP contribution in [0.25, 0.3) is 0 Å². The van der Waals surface area contributed by atoms with E-state index in [-0.39, 0.29) is 36.4 Å². The average molecular weight is 492 g/mol. The first-order valence-corrected chi connectivity index (χ1v) is 9.47. The number of nitrogens with one attached hydrogen (secondary N) is 2. The van der Waals surface area contributed by atoms with Crippen molar-refractivity contribution in [3.05, 3.63) is 71.3 Å². The summed E-state index contributed by atoms with van der Waals surface area (Å²) in [5.74, 6) is 0.719. The van der Waals surface area contributed by atoms with E-state index in [4.69, 9.17) is 4.99 Å². The molecule has 1 aliphatic carbocycles. The van der Waals surface area contributed by atoms with Crippen LogP contribution in [0, 0.1) is 0 Å². The lowest BCUT2D eigenvalue weighted by atomic mass is 9.88. The lowest BCUT2D eigenvalue weighted by Gasteiger charge is -2.27. The molecule has 0 aliphatic heterocycles. The van der Waals surface area contributed by atoms with Crippen LogP contribution in [-0.2, 0) is 24.2 Å². The van der Waals surface area contributed by atoms with Crippen LogP contribution in [0.2, 0.25) is 0 Å². The highest BCUT2D eigenvalue weighted by Crippen LogP contribution is 2.20. The van der Waals surface area contributed by atoms with Gasteiger partial charge in [0.15, 0.2) is 5.96 Å². The average Bonchev–Trinajstić information content (AvgIpc) is 2.70. The zero-order valence-corrected chi connectivity index (χ0v) is 18.9. The number of guanidine groups is 1. The second-order valence-corrected chi connectivity index (χ2v) is 7.14. The number of fused-ring (bicyclic) bond motifs is 1. The Morgan fingerprint density at radius 3 is 2.46 bits per heavy atom. The van der Waals surface area contributed by atoms with E-state index in [1.807, 2.05) is 18.2 Å². The fourth-order valence-electron chi connectivity index (χ4n) is 3.24. The molecule has 5 nitrogen and oxygen atoms in total. The minimum atomic E-state index is 0. The highest BCUT2D eigenvalue weighted by Gasteiger charge is 2.19. The summed E-state index contributed by atoms with van der Waals surface area (Å²) in [5, 5.41) is 6.72. The van der Waals surface area contributed by atoms with Crippen LogP contribution in [0.1, 0.15) is 23.1 Å². The Kier molecular flexibility index (Phi) is 8.76. The van der Waals surface area contributed by atoms with E-state index < -0.39 is 0 Å². The summed E-state index contributed by atoms with van der Waals surface area (Å²) in [5.41, 5.74) is 3.98. The molecule has 2 aromatic carbocycles. The summed E-state index contributed by atoms with van der Waals surface area (Å²) in [6.07, 6.45) is 3.10. The van der Waals surface area contributed by atoms with Gasteiger partial charge in [-0.1, -0.05) is 54.6 Å². The molecule has 2 N–H and O–H groups in total. The molecule has 0 radical (unpaired) electrons. The number of hydrogen-bond acceptors (Lipinski definition) is 2. The van der Waals surface area contributed by atoms with E-state index in [1.54, 1.807) is 19.0 Å². The molecule has 2 aromatic rings. The molecule has 28 heavy (non-hydrogen) atoms. The molecule has 150 valence electrons. The van der Waals surface area contributed by atoms with Gasteiger partial charge >= 0.3 is 0 Å². The fraction of sp³-hybridized carbons (Fsp3) is 0.364. The number of carbonyl (C=O) groups is 1. The third-order valence-corrected chi connectivity index (χ3v) is 4.86. The van der Waals surface area contributed by atoms with Crippen LogP contribution in [-0.4, -0.2) is 43.4 Å². The van der Waals surface area contributed by atoms with Gasteiger partial charge in [-0.05, 0) is 36.0 Å². The first-order chi connectivity index (χ1) is 13.1. The number of aryl methyl sites for hydroxylation is 1. The van der Waals surface area contributed by atoms with Crippen LogP contribution in [0.3, 0.4) is 0 Å². The van der Waals surface area contributed by atoms with Crippen molar-refractivity contribution in [3.8, 4) is 0 Å². The van der Waals surface area contributed by atoms with Crippen molar-refractivity contribution in [2.24, 2.45) is 4.99 Å². The van der Waals surface area contributed by atoms with Crippen molar-refractivity contribution in [2.75, 3.05) is 20.6 Å². The molecule has 0 spiro atoms. The molecule has 0 bridgehead atoms. The van der Waals surface area contributed by atoms with Gasteiger partial charge < -0.3 is 15.5 Å². The minimum Gasteiger partial charge on any atom is -0.353 e. The number of benzene rings is 2. The quantitative estimate of drug-likeness (QED) is 0.384. The van der Waals surface area contributed by atoms with E-state index >= 15 is 0 Å². The molecule has 1 atom stereocenters. The number of halogens is 1. The Balaban J connectivity index is 0.00000280. The maximum atomic E-state index is 12.0. The minimum absolute atomic E-state index is 0. The van der Waals surface area contributed by atoms with Crippen LogP contribution >= 0.6 is 24.0 Å². The molecule has 3 rings (SSSR count). The predicted molar refractivity (Wildman–Crippen MR) is 125 cm³/mol. The summed E-state index contributed by atoms with van der Waals surface area (Å²) in [6.45, 7) is 0.812. The van der Waals surface area contributed by atoms with E-state index in [0.717, 1.165) is 24.8 Å². The van der Waals surface area contributed by atoms with Gasteiger partial charge in [0.05, 0.1) is 13.1 Å². The molecular weight excluding hydrogens is 463 g/mol. The molecule has 1 amide bonds. The molecule has 0 heterocycles. The third-order valence-electron chi connectivity index (χ3n) is 4.86. The standard InChI is InChI=1S/C22H28N4O.HI/c1-26(2)21(27)16-24-22(23-15-17-8-4-3-5-9-17)25-20-13-12-18-10-6-7-11-19(18)14-20;/h3-11,20H,12-16H2,1-2H3,(H2,23,24,25);1H. The van der Waals surface area contributed by atoms with Crippen molar-refractivity contribution in [2.45, 2.75) is 31.8 Å². The number of aliphatic imine (C=N–C) groups is 1. The Morgan fingerprint density at radius 1 is 1.07 bits per heavy atom. The van der Waals surface area contributed by atoms with Crippen LogP contribution in [0.4, 0.5) is 0 Å². The zero-order chi connectivity index (χ0) is 19.1. The number of rotatable bonds is 5. The molecule has 0 saturated carbocycles. The van der Waals surface area contributed by atoms with Crippen molar-refractivity contribution < 1.29 is 4.79 Å². The number of nitrogens with zero attached hydrogens (tertiary/aromatic N) is 2. The molecule has 6 heteroatoms. The van der Waals surface area contributed by atoms with Gasteiger partial charge in [0, 0.05) is 20.1 Å². The smallest absolute Gasteiger partial charge is 0.241 e. The van der Waals surface area contributed by atoms with Gasteiger partial charge in [0.1, 0.15) is 0 Å². The summed E-state index contributed by atoms with van der Waals surface area (Å²) in [6, 6.07) is 19.1. The summed E-state index contributed by atoms with van der Waals surface area (Å²) < 4.78 is 0. The van der Waals surface area contributed by atoms with Crippen molar-refractivity contribution in [1.82, 2.24) is 15.5 Å². The van der Waals surface area contributed by atoms with E-state index in [2.05, 4.69) is 47.0 Å². The second kappa shape index (κ2) is 11.0. The maximum absolute atomic E-state index is 12.0. The Labute approximate surface area is 184 Å². The predicted octanol–water partition coefficient (Wildman–Crippen LogP) is 2.99. The van der Waals surface area contributed by atoms with Crippen molar-refractivity contribution in [1.29, 1.82) is 0 Å². The van der Waals surface area contributed by atoms with Gasteiger partial charge in [0.25, 0.3) is 0 Å². The van der Waals surface area contributed by atoms with Crippen molar-refractivity contribution >= 4 is 35.8 Å². The van der Waals surface area contributed by atoms with Crippen molar-refractivity contribution in [3.63, 3.8) is 0 Å². The lowest BCUT2D eigenvalue weighted by Crippen LogP contribution is -2.48. The molecule has 0 aromatic heterocycles. The number of carbonyl (C=O) groups excluding carboxylic acids is 1. The largest absolute Gasteiger partial charge is 0.353 e. The first kappa shape index (κ1) is 22.2. The highest BCUT2D eigenvalue weighted by molar-refractivity contribution is 14.0. The first-order valence-electron chi connectivity index (χ1n) is 9.47. The SMILES string of the molecule is CN(C)C(=O)CNC(=NCc1ccccc1)NC1CCc2ccccc2C1.I. The molecule has 0 fully saturated rings. The highest BCUT2D eigenvalue weighted by atomic mass is 127. The number of amides is 1. The van der Waals surface area contributed by atoms with E-state index in [1.165, 1.54) is 11.1 Å². The molecule has 1 unspecified atom stereocenters. The van der Waals surface area contributed by atoms with Gasteiger partial charge in [-0.25, -0.2) is 4.99 Å². The van der Waals surface area contributed by atoms with Gasteiger partial charge in [-0.3, -0.25) is 4.79 Å². The summed E-state index contributed by atoms with van der Waals surface area (Å²) in [7, 11) is 3.52. The Bertz CT molecular complexity index is 792. The van der Waals surface area contributed by atoms with Gasteiger partial charge in [0.2, 0.25) is 5.91 Å². The van der Waals surface area contributed by atoms with Crippen LogP contribution < -0.4 is 10.6 Å². The van der Waals surface area contributed by atoms with Crippen LogP contribution in [0.5, 0.6) is 0 Å².